The van der Waals surface area contributed by atoms with Gasteiger partial charge in [0.1, 0.15) is 11.3 Å². The number of benzene rings is 2. The molecule has 1 fully saturated rings. The minimum atomic E-state index is -0.810. The maximum absolute atomic E-state index is 12.9. The number of aryl methyl sites for hydroxylation is 1. The number of nitrogens with zero attached hydrogens (tertiary/aromatic N) is 1. The summed E-state index contributed by atoms with van der Waals surface area (Å²) in [4.78, 5) is 38.4. The van der Waals surface area contributed by atoms with Gasteiger partial charge in [0.2, 0.25) is 0 Å². The first-order valence-electron chi connectivity index (χ1n) is 8.31. The molecule has 7 heteroatoms. The highest BCUT2D eigenvalue weighted by Crippen LogP contribution is 2.28. The normalized spacial score (nSPS) is 15.9. The average molecular weight is 385 g/mol. The molecule has 1 heterocycles. The third-order valence-corrected chi connectivity index (χ3v) is 4.23. The third kappa shape index (κ3) is 3.85. The Hall–Kier alpha value is -3.12. The van der Waals surface area contributed by atoms with E-state index in [1.165, 1.54) is 12.1 Å². The van der Waals surface area contributed by atoms with Crippen LogP contribution in [-0.4, -0.2) is 24.5 Å². The number of barbiturate groups is 1. The van der Waals surface area contributed by atoms with Gasteiger partial charge in [-0.1, -0.05) is 29.8 Å². The number of ether oxygens (including phenoxy) is 1. The summed E-state index contributed by atoms with van der Waals surface area (Å²) in [6.07, 6.45) is 1.43. The van der Waals surface area contributed by atoms with E-state index in [0.29, 0.717) is 34.2 Å². The summed E-state index contributed by atoms with van der Waals surface area (Å²) in [5.41, 5.74) is 1.46. The van der Waals surface area contributed by atoms with Gasteiger partial charge in [-0.25, -0.2) is 9.69 Å². The molecule has 0 radical (unpaired) electrons. The van der Waals surface area contributed by atoms with Crippen molar-refractivity contribution in [1.82, 2.24) is 5.32 Å². The maximum atomic E-state index is 12.9. The van der Waals surface area contributed by atoms with Crippen LogP contribution in [0.15, 0.2) is 48.0 Å². The Morgan fingerprint density at radius 3 is 2.67 bits per heavy atom. The minimum absolute atomic E-state index is 0.150. The van der Waals surface area contributed by atoms with E-state index in [9.17, 15) is 14.4 Å². The molecule has 0 aromatic heterocycles. The fourth-order valence-corrected chi connectivity index (χ4v) is 2.89. The highest BCUT2D eigenvalue weighted by atomic mass is 35.5. The van der Waals surface area contributed by atoms with E-state index in [-0.39, 0.29) is 5.57 Å². The largest absolute Gasteiger partial charge is 0.494 e. The first kappa shape index (κ1) is 18.7. The molecule has 1 saturated heterocycles. The SMILES string of the molecule is CCOc1cccc(/C=C2\C(=O)NC(=O)N(c3cc(Cl)ccc3C)C2=O)c1. The highest BCUT2D eigenvalue weighted by Gasteiger charge is 2.37. The van der Waals surface area contributed by atoms with E-state index >= 15 is 0 Å². The number of imide groups is 2. The molecule has 1 N–H and O–H groups in total. The van der Waals surface area contributed by atoms with Gasteiger partial charge >= 0.3 is 6.03 Å². The van der Waals surface area contributed by atoms with E-state index in [1.54, 1.807) is 43.3 Å². The van der Waals surface area contributed by atoms with Crippen molar-refractivity contribution in [3.63, 3.8) is 0 Å². The van der Waals surface area contributed by atoms with E-state index < -0.39 is 17.8 Å². The Labute approximate surface area is 161 Å². The first-order valence-corrected chi connectivity index (χ1v) is 8.69. The van der Waals surface area contributed by atoms with Gasteiger partial charge in [0, 0.05) is 5.02 Å². The van der Waals surface area contributed by atoms with Gasteiger partial charge in [-0.3, -0.25) is 14.9 Å². The van der Waals surface area contributed by atoms with Crippen molar-refractivity contribution >= 4 is 41.2 Å². The van der Waals surface area contributed by atoms with Crippen molar-refractivity contribution in [2.24, 2.45) is 0 Å². The molecule has 6 nitrogen and oxygen atoms in total. The van der Waals surface area contributed by atoms with Crippen LogP contribution in [-0.2, 0) is 9.59 Å². The second-order valence-electron chi connectivity index (χ2n) is 5.89. The minimum Gasteiger partial charge on any atom is -0.494 e. The molecular formula is C20H17ClN2O4. The van der Waals surface area contributed by atoms with Crippen molar-refractivity contribution in [3.05, 3.63) is 64.2 Å². The first-order chi connectivity index (χ1) is 12.9. The standard InChI is InChI=1S/C20H17ClN2O4/c1-3-27-15-6-4-5-13(9-15)10-16-18(24)22-20(26)23(19(16)25)17-11-14(21)8-7-12(17)2/h4-11H,3H2,1-2H3,(H,22,24,26)/b16-10+. The van der Waals surface area contributed by atoms with Gasteiger partial charge in [-0.15, -0.1) is 0 Å². The molecule has 0 atom stereocenters. The van der Waals surface area contributed by atoms with Crippen LogP contribution in [0.25, 0.3) is 6.08 Å². The Kier molecular flexibility index (Phi) is 5.28. The average Bonchev–Trinajstić information content (AvgIpc) is 2.62. The molecule has 2 aromatic rings. The topological polar surface area (TPSA) is 75.7 Å². The molecule has 0 spiro atoms. The predicted molar refractivity (Wildman–Crippen MR) is 103 cm³/mol. The Morgan fingerprint density at radius 1 is 1.15 bits per heavy atom. The number of carbonyl (C=O) groups is 3. The monoisotopic (exact) mass is 384 g/mol. The smallest absolute Gasteiger partial charge is 0.335 e. The lowest BCUT2D eigenvalue weighted by molar-refractivity contribution is -0.122. The van der Waals surface area contributed by atoms with Crippen molar-refractivity contribution in [2.75, 3.05) is 11.5 Å². The summed E-state index contributed by atoms with van der Waals surface area (Å²) in [6, 6.07) is 11.0. The molecule has 1 aliphatic heterocycles. The van der Waals surface area contributed by atoms with Crippen LogP contribution < -0.4 is 15.0 Å². The number of amides is 4. The number of hydrogen-bond acceptors (Lipinski definition) is 4. The van der Waals surface area contributed by atoms with Gasteiger partial charge < -0.3 is 4.74 Å². The molecule has 0 saturated carbocycles. The zero-order valence-electron chi connectivity index (χ0n) is 14.8. The number of nitrogens with one attached hydrogen (secondary N) is 1. The summed E-state index contributed by atoms with van der Waals surface area (Å²) in [7, 11) is 0. The number of halogens is 1. The molecule has 0 unspecified atom stereocenters. The number of carbonyl (C=O) groups excluding carboxylic acids is 3. The van der Waals surface area contributed by atoms with Crippen LogP contribution in [0.1, 0.15) is 18.1 Å². The van der Waals surface area contributed by atoms with Gasteiger partial charge in [0.15, 0.2) is 0 Å². The van der Waals surface area contributed by atoms with E-state index in [2.05, 4.69) is 5.32 Å². The second kappa shape index (κ2) is 7.63. The summed E-state index contributed by atoms with van der Waals surface area (Å²) < 4.78 is 5.43. The Morgan fingerprint density at radius 2 is 1.93 bits per heavy atom. The fourth-order valence-electron chi connectivity index (χ4n) is 2.73. The fraction of sp³-hybridized carbons (Fsp3) is 0.150. The lowest BCUT2D eigenvalue weighted by atomic mass is 10.1. The van der Waals surface area contributed by atoms with Crippen LogP contribution in [0.5, 0.6) is 5.75 Å². The number of rotatable bonds is 4. The van der Waals surface area contributed by atoms with Crippen molar-refractivity contribution in [2.45, 2.75) is 13.8 Å². The maximum Gasteiger partial charge on any atom is 0.335 e. The zero-order chi connectivity index (χ0) is 19.6. The van der Waals surface area contributed by atoms with Crippen molar-refractivity contribution < 1.29 is 19.1 Å². The summed E-state index contributed by atoms with van der Waals surface area (Å²) in [6.45, 7) is 4.10. The second-order valence-corrected chi connectivity index (χ2v) is 6.33. The van der Waals surface area contributed by atoms with E-state index in [4.69, 9.17) is 16.3 Å². The molecular weight excluding hydrogens is 368 g/mol. The third-order valence-electron chi connectivity index (χ3n) is 3.99. The van der Waals surface area contributed by atoms with Crippen LogP contribution in [0.2, 0.25) is 5.02 Å². The molecule has 0 aliphatic carbocycles. The lowest BCUT2D eigenvalue weighted by Crippen LogP contribution is -2.54. The van der Waals surface area contributed by atoms with Crippen LogP contribution in [0.4, 0.5) is 10.5 Å². The molecule has 1 aliphatic rings. The molecule has 27 heavy (non-hydrogen) atoms. The highest BCUT2D eigenvalue weighted by molar-refractivity contribution is 6.39. The lowest BCUT2D eigenvalue weighted by Gasteiger charge is -2.27. The molecule has 4 amide bonds. The summed E-state index contributed by atoms with van der Waals surface area (Å²) >= 11 is 6.01. The Bertz CT molecular complexity index is 968. The van der Waals surface area contributed by atoms with E-state index in [1.807, 2.05) is 6.92 Å². The quantitative estimate of drug-likeness (QED) is 0.644. The van der Waals surface area contributed by atoms with Gasteiger partial charge in [0.25, 0.3) is 11.8 Å². The number of hydrogen-bond donors (Lipinski definition) is 1. The Balaban J connectivity index is 2.02. The van der Waals surface area contributed by atoms with Crippen molar-refractivity contribution in [1.29, 1.82) is 0 Å². The zero-order valence-corrected chi connectivity index (χ0v) is 15.5. The number of anilines is 1. The molecule has 2 aromatic carbocycles. The number of urea groups is 1. The van der Waals surface area contributed by atoms with Crippen molar-refractivity contribution in [3.8, 4) is 5.75 Å². The van der Waals surface area contributed by atoms with Crippen LogP contribution in [0, 0.1) is 6.92 Å². The van der Waals surface area contributed by atoms with Gasteiger partial charge in [-0.05, 0) is 55.3 Å². The van der Waals surface area contributed by atoms with Crippen LogP contribution >= 0.6 is 11.6 Å². The summed E-state index contributed by atoms with van der Waals surface area (Å²) in [5.74, 6) is -0.840. The predicted octanol–water partition coefficient (Wildman–Crippen LogP) is 3.71. The molecule has 0 bridgehead atoms. The van der Waals surface area contributed by atoms with Crippen LogP contribution in [0.3, 0.4) is 0 Å². The molecule has 3 rings (SSSR count). The summed E-state index contributed by atoms with van der Waals surface area (Å²) in [5, 5.41) is 2.58. The van der Waals surface area contributed by atoms with E-state index in [0.717, 1.165) is 4.90 Å². The molecule has 138 valence electrons. The van der Waals surface area contributed by atoms with Gasteiger partial charge in [0.05, 0.1) is 12.3 Å². The van der Waals surface area contributed by atoms with Gasteiger partial charge in [-0.2, -0.15) is 0 Å².